The van der Waals surface area contributed by atoms with Crippen molar-refractivity contribution in [3.05, 3.63) is 29.0 Å². The van der Waals surface area contributed by atoms with Gasteiger partial charge in [-0.2, -0.15) is 0 Å². The molecule has 0 saturated carbocycles. The molecule has 0 radical (unpaired) electrons. The van der Waals surface area contributed by atoms with Crippen LogP contribution in [-0.2, 0) is 4.74 Å². The first-order chi connectivity index (χ1) is 7.63. The lowest BCUT2D eigenvalue weighted by molar-refractivity contribution is -0.0227. The number of pyridine rings is 1. The number of aromatic nitrogens is 1. The predicted molar refractivity (Wildman–Crippen MR) is 56.0 cm³/mol. The van der Waals surface area contributed by atoms with Gasteiger partial charge in [-0.25, -0.2) is 4.98 Å². The lowest BCUT2D eigenvalue weighted by Crippen LogP contribution is -2.32. The van der Waals surface area contributed by atoms with E-state index in [0.717, 1.165) is 0 Å². The van der Waals surface area contributed by atoms with Gasteiger partial charge in [0, 0.05) is 6.20 Å². The van der Waals surface area contributed by atoms with E-state index in [2.05, 4.69) is 4.98 Å². The minimum atomic E-state index is -1.10. The Morgan fingerprint density at radius 1 is 1.38 bits per heavy atom. The van der Waals surface area contributed by atoms with Crippen molar-refractivity contribution in [1.29, 1.82) is 0 Å². The van der Waals surface area contributed by atoms with Gasteiger partial charge in [-0.15, -0.1) is 0 Å². The second kappa shape index (κ2) is 4.65. The van der Waals surface area contributed by atoms with Crippen LogP contribution in [0.4, 0.5) is 0 Å². The first kappa shape index (κ1) is 11.8. The summed E-state index contributed by atoms with van der Waals surface area (Å²) in [5, 5.41) is 28.6. The number of hydrogen-bond acceptors (Lipinski definition) is 5. The molecular weight excluding hydrogens is 234 g/mol. The van der Waals surface area contributed by atoms with E-state index in [-0.39, 0.29) is 11.8 Å². The molecule has 3 N–H and O–H groups in total. The van der Waals surface area contributed by atoms with E-state index in [0.29, 0.717) is 5.56 Å². The molecule has 0 amide bonds. The Morgan fingerprint density at radius 2 is 2.12 bits per heavy atom. The highest BCUT2D eigenvalue weighted by molar-refractivity contribution is 6.29. The topological polar surface area (TPSA) is 82.8 Å². The number of hydrogen-bond donors (Lipinski definition) is 3. The molecule has 2 heterocycles. The largest absolute Gasteiger partial charge is 0.394 e. The third-order valence-corrected chi connectivity index (χ3v) is 2.83. The molecular formula is C10H12ClNO4. The van der Waals surface area contributed by atoms with Crippen LogP contribution in [0.2, 0.25) is 5.15 Å². The summed E-state index contributed by atoms with van der Waals surface area (Å²) in [7, 11) is 0. The first-order valence-electron chi connectivity index (χ1n) is 4.87. The molecule has 1 saturated heterocycles. The molecule has 0 spiro atoms. The molecule has 1 aliphatic heterocycles. The number of rotatable bonds is 2. The van der Waals surface area contributed by atoms with Gasteiger partial charge in [0.2, 0.25) is 0 Å². The molecule has 1 fully saturated rings. The maximum absolute atomic E-state index is 9.75. The standard InChI is InChI=1S/C10H12ClNO4/c11-7-3-5(1-2-12-7)10-9(15)8(14)6(4-13)16-10/h1-3,6,8-10,13-15H,4H2/t6-,8-,9-,10-/m1/s1. The van der Waals surface area contributed by atoms with E-state index in [1.807, 2.05) is 0 Å². The van der Waals surface area contributed by atoms with Crippen LogP contribution >= 0.6 is 11.6 Å². The van der Waals surface area contributed by atoms with Gasteiger partial charge in [-0.05, 0) is 17.7 Å². The Bertz CT molecular complexity index is 376. The molecule has 88 valence electrons. The van der Waals surface area contributed by atoms with E-state index in [1.54, 1.807) is 12.1 Å². The zero-order valence-corrected chi connectivity index (χ0v) is 9.08. The number of ether oxygens (including phenoxy) is 1. The molecule has 1 aromatic heterocycles. The van der Waals surface area contributed by atoms with Gasteiger partial charge >= 0.3 is 0 Å². The molecule has 16 heavy (non-hydrogen) atoms. The van der Waals surface area contributed by atoms with Crippen molar-refractivity contribution in [2.45, 2.75) is 24.4 Å². The summed E-state index contributed by atoms with van der Waals surface area (Å²) in [5.74, 6) is 0. The number of halogens is 1. The Labute approximate surface area is 97.3 Å². The highest BCUT2D eigenvalue weighted by atomic mass is 35.5. The monoisotopic (exact) mass is 245 g/mol. The second-order valence-electron chi connectivity index (χ2n) is 3.67. The van der Waals surface area contributed by atoms with Crippen LogP contribution in [-0.4, -0.2) is 45.2 Å². The Hall–Kier alpha value is -0.720. The Kier molecular flexibility index (Phi) is 3.41. The maximum atomic E-state index is 9.75. The summed E-state index contributed by atoms with van der Waals surface area (Å²) >= 11 is 5.72. The fourth-order valence-electron chi connectivity index (χ4n) is 1.77. The third kappa shape index (κ3) is 2.05. The maximum Gasteiger partial charge on any atom is 0.129 e. The van der Waals surface area contributed by atoms with Crippen LogP contribution in [0.1, 0.15) is 11.7 Å². The average molecular weight is 246 g/mol. The van der Waals surface area contributed by atoms with Crippen molar-refractivity contribution in [3.8, 4) is 0 Å². The van der Waals surface area contributed by atoms with Crippen molar-refractivity contribution in [1.82, 2.24) is 4.98 Å². The highest BCUT2D eigenvalue weighted by Gasteiger charge is 2.42. The van der Waals surface area contributed by atoms with Crippen LogP contribution in [0.25, 0.3) is 0 Å². The number of aliphatic hydroxyl groups is 3. The number of nitrogens with zero attached hydrogens (tertiary/aromatic N) is 1. The van der Waals surface area contributed by atoms with Crippen LogP contribution < -0.4 is 0 Å². The molecule has 0 aliphatic carbocycles. The molecule has 0 bridgehead atoms. The fraction of sp³-hybridized carbons (Fsp3) is 0.500. The van der Waals surface area contributed by atoms with Gasteiger partial charge < -0.3 is 20.1 Å². The van der Waals surface area contributed by atoms with Crippen LogP contribution in [0.5, 0.6) is 0 Å². The number of aliphatic hydroxyl groups excluding tert-OH is 3. The zero-order chi connectivity index (χ0) is 11.7. The minimum absolute atomic E-state index is 0.287. The molecule has 0 unspecified atom stereocenters. The lowest BCUT2D eigenvalue weighted by atomic mass is 10.0. The van der Waals surface area contributed by atoms with Gasteiger partial charge in [0.25, 0.3) is 0 Å². The van der Waals surface area contributed by atoms with Gasteiger partial charge in [0.15, 0.2) is 0 Å². The summed E-state index contributed by atoms with van der Waals surface area (Å²) in [5.41, 5.74) is 0.627. The highest BCUT2D eigenvalue weighted by Crippen LogP contribution is 2.33. The molecule has 1 aromatic rings. The Balaban J connectivity index is 2.23. The van der Waals surface area contributed by atoms with Crippen molar-refractivity contribution in [2.75, 3.05) is 6.61 Å². The van der Waals surface area contributed by atoms with Crippen molar-refractivity contribution >= 4 is 11.6 Å². The summed E-state index contributed by atoms with van der Waals surface area (Å²) in [4.78, 5) is 3.81. The molecule has 5 nitrogen and oxygen atoms in total. The quantitative estimate of drug-likeness (QED) is 0.634. The summed E-state index contributed by atoms with van der Waals surface area (Å²) in [6.45, 7) is -0.340. The van der Waals surface area contributed by atoms with E-state index in [4.69, 9.17) is 21.4 Å². The molecule has 0 aromatic carbocycles. The van der Waals surface area contributed by atoms with E-state index in [9.17, 15) is 10.2 Å². The van der Waals surface area contributed by atoms with E-state index >= 15 is 0 Å². The van der Waals surface area contributed by atoms with Crippen molar-refractivity contribution < 1.29 is 20.1 Å². The third-order valence-electron chi connectivity index (χ3n) is 2.62. The van der Waals surface area contributed by atoms with Gasteiger partial charge in [-0.1, -0.05) is 11.6 Å². The first-order valence-corrected chi connectivity index (χ1v) is 5.25. The zero-order valence-electron chi connectivity index (χ0n) is 8.32. The van der Waals surface area contributed by atoms with Gasteiger partial charge in [0.1, 0.15) is 29.6 Å². The van der Waals surface area contributed by atoms with Crippen molar-refractivity contribution in [2.24, 2.45) is 0 Å². The summed E-state index contributed by atoms with van der Waals surface area (Å²) in [6, 6.07) is 3.20. The SMILES string of the molecule is OC[C@H]1O[C@H](c2ccnc(Cl)c2)[C@H](O)[C@@H]1O. The molecule has 1 aliphatic rings. The van der Waals surface area contributed by atoms with E-state index in [1.165, 1.54) is 6.20 Å². The van der Waals surface area contributed by atoms with Gasteiger partial charge in [0.05, 0.1) is 6.61 Å². The second-order valence-corrected chi connectivity index (χ2v) is 4.06. The molecule has 6 heteroatoms. The van der Waals surface area contributed by atoms with Crippen LogP contribution in [0.15, 0.2) is 18.3 Å². The minimum Gasteiger partial charge on any atom is -0.394 e. The molecule has 4 atom stereocenters. The summed E-state index contributed by atoms with van der Waals surface area (Å²) < 4.78 is 5.34. The average Bonchev–Trinajstić information content (AvgIpc) is 2.56. The van der Waals surface area contributed by atoms with Crippen LogP contribution in [0.3, 0.4) is 0 Å². The van der Waals surface area contributed by atoms with E-state index < -0.39 is 24.4 Å². The normalized spacial score (nSPS) is 34.2. The fourth-order valence-corrected chi connectivity index (χ4v) is 1.95. The molecule has 2 rings (SSSR count). The summed E-state index contributed by atoms with van der Waals surface area (Å²) in [6.07, 6.45) is -2.14. The van der Waals surface area contributed by atoms with Crippen molar-refractivity contribution in [3.63, 3.8) is 0 Å². The van der Waals surface area contributed by atoms with Gasteiger partial charge in [-0.3, -0.25) is 0 Å². The van der Waals surface area contributed by atoms with Crippen LogP contribution in [0, 0.1) is 0 Å². The Morgan fingerprint density at radius 3 is 2.69 bits per heavy atom. The predicted octanol–water partition coefficient (Wildman–Crippen LogP) is -0.111. The lowest BCUT2D eigenvalue weighted by Gasteiger charge is -2.14. The smallest absolute Gasteiger partial charge is 0.129 e.